The lowest BCUT2D eigenvalue weighted by atomic mass is 9.92. The molecule has 0 unspecified atom stereocenters. The van der Waals surface area contributed by atoms with Gasteiger partial charge >= 0.3 is 6.03 Å². The van der Waals surface area contributed by atoms with Crippen LogP contribution < -0.4 is 15.4 Å². The fourth-order valence-corrected chi connectivity index (χ4v) is 2.80. The van der Waals surface area contributed by atoms with Crippen LogP contribution >= 0.6 is 15.9 Å². The highest BCUT2D eigenvalue weighted by Crippen LogP contribution is 2.35. The van der Waals surface area contributed by atoms with E-state index in [9.17, 15) is 9.59 Å². The molecule has 2 rings (SSSR count). The molecule has 2 N–H and O–H groups in total. The quantitative estimate of drug-likeness (QED) is 0.874. The summed E-state index contributed by atoms with van der Waals surface area (Å²) in [5, 5.41) is 5.42. The summed E-state index contributed by atoms with van der Waals surface area (Å²) in [7, 11) is 0. The third kappa shape index (κ3) is 3.26. The normalized spacial score (nSPS) is 18.1. The molecule has 112 valence electrons. The lowest BCUT2D eigenvalue weighted by molar-refractivity contribution is -0.114. The number of ether oxygens (including phenoxy) is 1. The molecule has 0 bridgehead atoms. The Kier molecular flexibility index (Phi) is 4.67. The number of nitrogens with one attached hydrogen (secondary N) is 2. The van der Waals surface area contributed by atoms with Crippen LogP contribution in [0.15, 0.2) is 33.9 Å². The maximum absolute atomic E-state index is 12.0. The van der Waals surface area contributed by atoms with Gasteiger partial charge in [0.1, 0.15) is 5.75 Å². The molecule has 0 saturated carbocycles. The highest BCUT2D eigenvalue weighted by atomic mass is 79.9. The van der Waals surface area contributed by atoms with E-state index in [0.29, 0.717) is 23.6 Å². The van der Waals surface area contributed by atoms with Crippen molar-refractivity contribution in [1.82, 2.24) is 10.6 Å². The van der Waals surface area contributed by atoms with E-state index in [1.54, 1.807) is 6.92 Å². The van der Waals surface area contributed by atoms with E-state index in [1.807, 2.05) is 25.1 Å². The van der Waals surface area contributed by atoms with Crippen LogP contribution in [0.3, 0.4) is 0 Å². The van der Waals surface area contributed by atoms with Crippen LogP contribution in [0.5, 0.6) is 5.75 Å². The van der Waals surface area contributed by atoms with Crippen LogP contribution in [0.2, 0.25) is 0 Å². The number of urea groups is 1. The summed E-state index contributed by atoms with van der Waals surface area (Å²) in [4.78, 5) is 23.7. The van der Waals surface area contributed by atoms with Gasteiger partial charge in [0.15, 0.2) is 5.78 Å². The van der Waals surface area contributed by atoms with Crippen LogP contribution in [0.4, 0.5) is 4.79 Å². The van der Waals surface area contributed by atoms with Gasteiger partial charge < -0.3 is 15.4 Å². The van der Waals surface area contributed by atoms with Crippen molar-refractivity contribution in [2.75, 3.05) is 6.61 Å². The van der Waals surface area contributed by atoms with E-state index in [2.05, 4.69) is 26.6 Å². The number of carbonyl (C=O) groups is 2. The van der Waals surface area contributed by atoms with E-state index in [4.69, 9.17) is 4.74 Å². The minimum Gasteiger partial charge on any atom is -0.494 e. The number of benzene rings is 1. The van der Waals surface area contributed by atoms with Crippen molar-refractivity contribution >= 4 is 27.7 Å². The zero-order valence-electron chi connectivity index (χ0n) is 12.1. The maximum atomic E-state index is 12.0. The van der Waals surface area contributed by atoms with Gasteiger partial charge in [-0.15, -0.1) is 0 Å². The van der Waals surface area contributed by atoms with Crippen LogP contribution in [-0.2, 0) is 4.79 Å². The fraction of sp³-hybridized carbons (Fsp3) is 0.333. The molecule has 1 atom stereocenters. The Labute approximate surface area is 131 Å². The Morgan fingerprint density at radius 2 is 2.14 bits per heavy atom. The van der Waals surface area contributed by atoms with Gasteiger partial charge in [-0.2, -0.15) is 0 Å². The Bertz CT molecular complexity index is 625. The molecular formula is C15H17BrN2O3. The van der Waals surface area contributed by atoms with Crippen LogP contribution in [0.1, 0.15) is 32.4 Å². The standard InChI is InChI=1S/C15H17BrN2O3/c1-4-21-12-6-5-10(16)7-11(12)14-13(9(3)19)8(2)17-15(20)18-14/h5-7,14H,4H2,1-3H3,(H2,17,18,20)/t14-/m0/s1. The van der Waals surface area contributed by atoms with Crippen molar-refractivity contribution in [3.63, 3.8) is 0 Å². The average molecular weight is 353 g/mol. The van der Waals surface area contributed by atoms with Gasteiger partial charge in [0.2, 0.25) is 0 Å². The number of allylic oxidation sites excluding steroid dienone is 1. The molecule has 0 aromatic heterocycles. The molecule has 1 heterocycles. The minimum atomic E-state index is -0.518. The second kappa shape index (κ2) is 6.30. The number of ketones is 1. The van der Waals surface area contributed by atoms with E-state index in [1.165, 1.54) is 6.92 Å². The van der Waals surface area contributed by atoms with Gasteiger partial charge in [0.25, 0.3) is 0 Å². The molecule has 1 aliphatic heterocycles. The van der Waals surface area contributed by atoms with Gasteiger partial charge in [-0.1, -0.05) is 15.9 Å². The number of carbonyl (C=O) groups excluding carboxylic acids is 2. The molecule has 2 amide bonds. The summed E-state index contributed by atoms with van der Waals surface area (Å²) in [6, 6.07) is 4.70. The van der Waals surface area contributed by atoms with Gasteiger partial charge in [-0.05, 0) is 39.0 Å². The van der Waals surface area contributed by atoms with Crippen LogP contribution in [-0.4, -0.2) is 18.4 Å². The SMILES string of the molecule is CCOc1ccc(Br)cc1[C@@H]1NC(=O)NC(C)=C1C(C)=O. The van der Waals surface area contributed by atoms with Crippen LogP contribution in [0.25, 0.3) is 0 Å². The second-order valence-corrected chi connectivity index (χ2v) is 5.66. The fourth-order valence-electron chi connectivity index (χ4n) is 2.43. The Hall–Kier alpha value is -1.82. The first kappa shape index (κ1) is 15.6. The highest BCUT2D eigenvalue weighted by molar-refractivity contribution is 9.10. The van der Waals surface area contributed by atoms with Crippen molar-refractivity contribution in [2.24, 2.45) is 0 Å². The van der Waals surface area contributed by atoms with Crippen molar-refractivity contribution < 1.29 is 14.3 Å². The van der Waals surface area contributed by atoms with Gasteiger partial charge in [0.05, 0.1) is 12.6 Å². The third-order valence-corrected chi connectivity index (χ3v) is 3.72. The summed E-state index contributed by atoms with van der Waals surface area (Å²) in [5.41, 5.74) is 1.86. The number of rotatable bonds is 4. The number of Topliss-reactive ketones (excluding diaryl/α,β-unsaturated/α-hetero) is 1. The van der Waals surface area contributed by atoms with Crippen molar-refractivity contribution in [1.29, 1.82) is 0 Å². The third-order valence-electron chi connectivity index (χ3n) is 3.23. The second-order valence-electron chi connectivity index (χ2n) is 4.74. The Morgan fingerprint density at radius 3 is 2.76 bits per heavy atom. The summed E-state index contributed by atoms with van der Waals surface area (Å²) in [5.74, 6) is 0.562. The first-order valence-electron chi connectivity index (χ1n) is 6.65. The molecule has 6 heteroatoms. The van der Waals surface area contributed by atoms with Crippen molar-refractivity contribution in [3.8, 4) is 5.75 Å². The zero-order chi connectivity index (χ0) is 15.6. The molecule has 0 aliphatic carbocycles. The number of amides is 2. The molecule has 0 fully saturated rings. The smallest absolute Gasteiger partial charge is 0.319 e. The minimum absolute atomic E-state index is 0.0903. The topological polar surface area (TPSA) is 67.4 Å². The van der Waals surface area contributed by atoms with Gasteiger partial charge in [-0.25, -0.2) is 4.79 Å². The summed E-state index contributed by atoms with van der Waals surface area (Å²) in [6.07, 6.45) is 0. The summed E-state index contributed by atoms with van der Waals surface area (Å²) >= 11 is 3.42. The first-order chi connectivity index (χ1) is 9.93. The lowest BCUT2D eigenvalue weighted by Gasteiger charge is -2.29. The summed E-state index contributed by atoms with van der Waals surface area (Å²) < 4.78 is 6.47. The van der Waals surface area contributed by atoms with Gasteiger partial charge in [-0.3, -0.25) is 4.79 Å². The number of hydrogen-bond acceptors (Lipinski definition) is 3. The molecule has 0 radical (unpaired) electrons. The Morgan fingerprint density at radius 1 is 1.43 bits per heavy atom. The highest BCUT2D eigenvalue weighted by Gasteiger charge is 2.31. The monoisotopic (exact) mass is 352 g/mol. The predicted molar refractivity (Wildman–Crippen MR) is 83.1 cm³/mol. The molecular weight excluding hydrogens is 336 g/mol. The first-order valence-corrected chi connectivity index (χ1v) is 7.44. The summed E-state index contributed by atoms with van der Waals surface area (Å²) in [6.45, 7) is 5.61. The average Bonchev–Trinajstić information content (AvgIpc) is 2.39. The van der Waals surface area contributed by atoms with Crippen LogP contribution in [0, 0.1) is 0 Å². The van der Waals surface area contributed by atoms with E-state index in [0.717, 1.165) is 10.0 Å². The molecule has 1 aromatic rings. The largest absolute Gasteiger partial charge is 0.494 e. The Balaban J connectivity index is 2.57. The molecule has 1 aliphatic rings. The molecule has 5 nitrogen and oxygen atoms in total. The molecule has 0 saturated heterocycles. The van der Waals surface area contributed by atoms with Gasteiger partial charge in [0, 0.05) is 21.3 Å². The maximum Gasteiger partial charge on any atom is 0.319 e. The van der Waals surface area contributed by atoms with E-state index >= 15 is 0 Å². The van der Waals surface area contributed by atoms with E-state index < -0.39 is 6.04 Å². The molecule has 1 aromatic carbocycles. The van der Waals surface area contributed by atoms with Crippen molar-refractivity contribution in [2.45, 2.75) is 26.8 Å². The zero-order valence-corrected chi connectivity index (χ0v) is 13.7. The lowest BCUT2D eigenvalue weighted by Crippen LogP contribution is -2.44. The predicted octanol–water partition coefficient (Wildman–Crippen LogP) is 3.06. The number of hydrogen-bond donors (Lipinski definition) is 2. The molecule has 21 heavy (non-hydrogen) atoms. The number of halogens is 1. The van der Waals surface area contributed by atoms with Crippen molar-refractivity contribution in [3.05, 3.63) is 39.5 Å². The molecule has 0 spiro atoms. The van der Waals surface area contributed by atoms with E-state index in [-0.39, 0.29) is 11.8 Å².